The van der Waals surface area contributed by atoms with E-state index in [-0.39, 0.29) is 5.56 Å². The van der Waals surface area contributed by atoms with E-state index in [0.717, 1.165) is 12.3 Å². The molecule has 0 amide bonds. The maximum atomic E-state index is 13.0. The van der Waals surface area contributed by atoms with Crippen molar-refractivity contribution in [3.63, 3.8) is 0 Å². The number of aromatic nitrogens is 1. The van der Waals surface area contributed by atoms with E-state index in [4.69, 9.17) is 5.26 Å². The van der Waals surface area contributed by atoms with Crippen LogP contribution in [-0.2, 0) is 12.6 Å². The summed E-state index contributed by atoms with van der Waals surface area (Å²) < 4.78 is 49.3. The Kier molecular flexibility index (Phi) is 2.70. The average Bonchev–Trinajstić information content (AvgIpc) is 2.07. The minimum Gasteiger partial charge on any atom is -0.249 e. The largest absolute Gasteiger partial charge is 0.436 e. The number of halogens is 4. The van der Waals surface area contributed by atoms with Gasteiger partial charge in [0, 0.05) is 11.8 Å². The van der Waals surface area contributed by atoms with Gasteiger partial charge in [0.05, 0.1) is 12.5 Å². The summed E-state index contributed by atoms with van der Waals surface area (Å²) in [5.41, 5.74) is -1.87. The van der Waals surface area contributed by atoms with Crippen molar-refractivity contribution in [2.75, 3.05) is 0 Å². The van der Waals surface area contributed by atoms with Gasteiger partial charge in [-0.05, 0) is 6.07 Å². The number of nitrogens with zero attached hydrogens (tertiary/aromatic N) is 2. The van der Waals surface area contributed by atoms with Crippen molar-refractivity contribution in [1.82, 2.24) is 4.98 Å². The van der Waals surface area contributed by atoms with E-state index in [0.29, 0.717) is 0 Å². The van der Waals surface area contributed by atoms with Crippen LogP contribution in [0.1, 0.15) is 11.3 Å². The minimum absolute atomic E-state index is 0.296. The predicted octanol–water partition coefficient (Wildman–Crippen LogP) is 2.31. The molecule has 14 heavy (non-hydrogen) atoms. The third kappa shape index (κ3) is 1.99. The third-order valence-corrected chi connectivity index (χ3v) is 1.51. The zero-order valence-electron chi connectivity index (χ0n) is 6.77. The van der Waals surface area contributed by atoms with Crippen molar-refractivity contribution in [1.29, 1.82) is 5.26 Å². The van der Waals surface area contributed by atoms with Gasteiger partial charge in [0.15, 0.2) is 11.5 Å². The second-order valence-electron chi connectivity index (χ2n) is 2.47. The molecule has 0 aromatic carbocycles. The fourth-order valence-electron chi connectivity index (χ4n) is 0.903. The molecule has 1 heterocycles. The molecule has 0 aliphatic rings. The van der Waals surface area contributed by atoms with Crippen molar-refractivity contribution < 1.29 is 17.6 Å². The number of nitriles is 1. The molecule has 0 saturated heterocycles. The van der Waals surface area contributed by atoms with Crippen molar-refractivity contribution in [3.8, 4) is 6.07 Å². The first-order valence-electron chi connectivity index (χ1n) is 3.54. The van der Waals surface area contributed by atoms with E-state index in [1.807, 2.05) is 0 Å². The van der Waals surface area contributed by atoms with Gasteiger partial charge in [-0.1, -0.05) is 0 Å². The van der Waals surface area contributed by atoms with Crippen LogP contribution in [0.15, 0.2) is 12.3 Å². The zero-order chi connectivity index (χ0) is 10.8. The Morgan fingerprint density at radius 1 is 1.43 bits per heavy atom. The van der Waals surface area contributed by atoms with E-state index in [1.165, 1.54) is 0 Å². The van der Waals surface area contributed by atoms with Gasteiger partial charge < -0.3 is 0 Å². The number of alkyl halides is 3. The highest BCUT2D eigenvalue weighted by molar-refractivity contribution is 5.23. The third-order valence-electron chi connectivity index (χ3n) is 1.51. The predicted molar refractivity (Wildman–Crippen MR) is 38.5 cm³/mol. The van der Waals surface area contributed by atoms with E-state index < -0.39 is 24.1 Å². The molecule has 1 aromatic heterocycles. The quantitative estimate of drug-likeness (QED) is 0.658. The van der Waals surface area contributed by atoms with E-state index in [9.17, 15) is 17.6 Å². The molecule has 0 N–H and O–H groups in total. The number of hydrogen-bond donors (Lipinski definition) is 0. The lowest BCUT2D eigenvalue weighted by molar-refractivity contribution is -0.143. The second-order valence-corrected chi connectivity index (χ2v) is 2.47. The lowest BCUT2D eigenvalue weighted by Crippen LogP contribution is -2.12. The van der Waals surface area contributed by atoms with Crippen LogP contribution in [0.25, 0.3) is 0 Å². The molecule has 0 aliphatic carbocycles. The molecule has 0 radical (unpaired) electrons. The summed E-state index contributed by atoms with van der Waals surface area (Å²) in [6.07, 6.45) is -4.40. The Balaban J connectivity index is 3.22. The van der Waals surface area contributed by atoms with E-state index in [1.54, 1.807) is 6.07 Å². The Morgan fingerprint density at radius 2 is 2.07 bits per heavy atom. The van der Waals surface area contributed by atoms with Gasteiger partial charge in [-0.15, -0.1) is 0 Å². The van der Waals surface area contributed by atoms with Crippen LogP contribution in [0, 0.1) is 17.1 Å². The molecule has 74 valence electrons. The van der Waals surface area contributed by atoms with Crippen LogP contribution in [0.4, 0.5) is 17.6 Å². The first-order chi connectivity index (χ1) is 6.46. The van der Waals surface area contributed by atoms with Gasteiger partial charge in [-0.2, -0.15) is 18.4 Å². The van der Waals surface area contributed by atoms with Gasteiger partial charge >= 0.3 is 6.18 Å². The van der Waals surface area contributed by atoms with Crippen LogP contribution >= 0.6 is 0 Å². The lowest BCUT2D eigenvalue weighted by Gasteiger charge is -2.07. The number of rotatable bonds is 1. The summed E-state index contributed by atoms with van der Waals surface area (Å²) in [4.78, 5) is 2.88. The molecule has 1 aromatic rings. The smallest absolute Gasteiger partial charge is 0.249 e. The topological polar surface area (TPSA) is 36.7 Å². The molecule has 0 unspecified atom stereocenters. The highest BCUT2D eigenvalue weighted by Crippen LogP contribution is 2.30. The molecular formula is C8H4F4N2. The van der Waals surface area contributed by atoms with Crippen molar-refractivity contribution in [2.45, 2.75) is 12.6 Å². The van der Waals surface area contributed by atoms with Crippen LogP contribution in [0.5, 0.6) is 0 Å². The maximum absolute atomic E-state index is 13.0. The molecule has 0 aliphatic heterocycles. The highest BCUT2D eigenvalue weighted by atomic mass is 19.4. The summed E-state index contributed by atoms with van der Waals surface area (Å²) in [7, 11) is 0. The standard InChI is InChI=1S/C8H4F4N2/c9-6-5(1-3-13)2-4-14-7(6)8(10,11)12/h2,4H,1H2. The van der Waals surface area contributed by atoms with Gasteiger partial charge in [-0.25, -0.2) is 9.37 Å². The van der Waals surface area contributed by atoms with Crippen molar-refractivity contribution in [3.05, 3.63) is 29.3 Å². The molecule has 2 nitrogen and oxygen atoms in total. The minimum atomic E-state index is -4.82. The highest BCUT2D eigenvalue weighted by Gasteiger charge is 2.36. The average molecular weight is 204 g/mol. The molecule has 1 rings (SSSR count). The van der Waals surface area contributed by atoms with Crippen LogP contribution in [0.3, 0.4) is 0 Å². The maximum Gasteiger partial charge on any atom is 0.436 e. The molecular weight excluding hydrogens is 200 g/mol. The monoisotopic (exact) mass is 204 g/mol. The molecule has 0 fully saturated rings. The van der Waals surface area contributed by atoms with Crippen LogP contribution < -0.4 is 0 Å². The Hall–Kier alpha value is -1.64. The second kappa shape index (κ2) is 3.62. The van der Waals surface area contributed by atoms with Gasteiger partial charge in [-0.3, -0.25) is 0 Å². The Morgan fingerprint density at radius 3 is 2.57 bits per heavy atom. The molecule has 0 spiro atoms. The van der Waals surface area contributed by atoms with Crippen LogP contribution in [0.2, 0.25) is 0 Å². The molecule has 6 heteroatoms. The summed E-state index contributed by atoms with van der Waals surface area (Å²) in [6, 6.07) is 2.62. The van der Waals surface area contributed by atoms with Crippen molar-refractivity contribution in [2.24, 2.45) is 0 Å². The van der Waals surface area contributed by atoms with Crippen molar-refractivity contribution >= 4 is 0 Å². The summed E-state index contributed by atoms with van der Waals surface area (Å²) in [5.74, 6) is -1.47. The Bertz CT molecular complexity index is 378. The number of hydrogen-bond acceptors (Lipinski definition) is 2. The zero-order valence-corrected chi connectivity index (χ0v) is 6.77. The Labute approximate surface area is 76.8 Å². The molecule has 0 saturated carbocycles. The summed E-state index contributed by atoms with van der Waals surface area (Å²) >= 11 is 0. The van der Waals surface area contributed by atoms with Gasteiger partial charge in [0.1, 0.15) is 0 Å². The summed E-state index contributed by atoms with van der Waals surface area (Å²) in [6.45, 7) is 0. The van der Waals surface area contributed by atoms with E-state index in [2.05, 4.69) is 4.98 Å². The summed E-state index contributed by atoms with van der Waals surface area (Å²) in [5, 5.41) is 8.22. The first-order valence-corrected chi connectivity index (χ1v) is 3.54. The number of pyridine rings is 1. The lowest BCUT2D eigenvalue weighted by atomic mass is 10.1. The normalized spacial score (nSPS) is 11.1. The SMILES string of the molecule is N#CCc1ccnc(C(F)(F)F)c1F. The van der Waals surface area contributed by atoms with Gasteiger partial charge in [0.25, 0.3) is 0 Å². The molecule has 0 atom stereocenters. The first kappa shape index (κ1) is 10.4. The van der Waals surface area contributed by atoms with Gasteiger partial charge in [0.2, 0.25) is 0 Å². The molecule has 0 bridgehead atoms. The fourth-order valence-corrected chi connectivity index (χ4v) is 0.903. The van der Waals surface area contributed by atoms with E-state index >= 15 is 0 Å². The van der Waals surface area contributed by atoms with Crippen LogP contribution in [-0.4, -0.2) is 4.98 Å². The fraction of sp³-hybridized carbons (Fsp3) is 0.250.